The van der Waals surface area contributed by atoms with E-state index in [-0.39, 0.29) is 11.9 Å². The number of amides is 1. The van der Waals surface area contributed by atoms with E-state index in [2.05, 4.69) is 12.2 Å². The van der Waals surface area contributed by atoms with Crippen molar-refractivity contribution in [1.82, 2.24) is 10.2 Å². The third-order valence-electron chi connectivity index (χ3n) is 3.82. The van der Waals surface area contributed by atoms with Gasteiger partial charge in [0.2, 0.25) is 0 Å². The maximum absolute atomic E-state index is 12.7. The lowest BCUT2D eigenvalue weighted by Crippen LogP contribution is -2.52. The topological polar surface area (TPSA) is 41.6 Å². The number of piperazine rings is 1. The van der Waals surface area contributed by atoms with E-state index in [0.29, 0.717) is 11.3 Å². The van der Waals surface area contributed by atoms with Crippen LogP contribution in [0.1, 0.15) is 17.3 Å². The molecule has 1 fully saturated rings. The highest BCUT2D eigenvalue weighted by molar-refractivity contribution is 5.95. The summed E-state index contributed by atoms with van der Waals surface area (Å²) in [6.45, 7) is 4.49. The monoisotopic (exact) mass is 296 g/mol. The van der Waals surface area contributed by atoms with Crippen LogP contribution >= 0.6 is 0 Å². The first-order valence-corrected chi connectivity index (χ1v) is 7.59. The van der Waals surface area contributed by atoms with Gasteiger partial charge in [-0.2, -0.15) is 0 Å². The second-order valence-corrected chi connectivity index (χ2v) is 5.49. The quantitative estimate of drug-likeness (QED) is 0.947. The molecule has 0 radical (unpaired) electrons. The minimum absolute atomic E-state index is 0.0625. The summed E-state index contributed by atoms with van der Waals surface area (Å²) in [6, 6.07) is 17.2. The third kappa shape index (κ3) is 3.28. The van der Waals surface area contributed by atoms with Crippen LogP contribution in [0.15, 0.2) is 54.6 Å². The fourth-order valence-corrected chi connectivity index (χ4v) is 2.63. The number of nitrogens with zero attached hydrogens (tertiary/aromatic N) is 1. The van der Waals surface area contributed by atoms with Crippen molar-refractivity contribution < 1.29 is 9.53 Å². The molecule has 1 N–H and O–H groups in total. The van der Waals surface area contributed by atoms with E-state index in [4.69, 9.17) is 4.74 Å². The lowest BCUT2D eigenvalue weighted by molar-refractivity contribution is 0.0655. The zero-order valence-corrected chi connectivity index (χ0v) is 12.7. The molecule has 1 saturated heterocycles. The molecule has 4 nitrogen and oxygen atoms in total. The summed E-state index contributed by atoms with van der Waals surface area (Å²) in [6.07, 6.45) is 0. The van der Waals surface area contributed by atoms with Crippen LogP contribution in [0.25, 0.3) is 0 Å². The number of hydrogen-bond acceptors (Lipinski definition) is 3. The van der Waals surface area contributed by atoms with Crippen LogP contribution in [-0.4, -0.2) is 36.5 Å². The molecule has 4 heteroatoms. The molecule has 1 aliphatic rings. The number of carbonyl (C=O) groups excluding carboxylic acids is 1. The van der Waals surface area contributed by atoms with Gasteiger partial charge in [-0.15, -0.1) is 0 Å². The predicted molar refractivity (Wildman–Crippen MR) is 86.3 cm³/mol. The van der Waals surface area contributed by atoms with Gasteiger partial charge in [-0.25, -0.2) is 0 Å². The summed E-state index contributed by atoms with van der Waals surface area (Å²) >= 11 is 0. The molecule has 3 rings (SSSR count). The van der Waals surface area contributed by atoms with Gasteiger partial charge >= 0.3 is 0 Å². The number of rotatable bonds is 3. The molecule has 0 spiro atoms. The summed E-state index contributed by atoms with van der Waals surface area (Å²) in [5.41, 5.74) is 0.669. The largest absolute Gasteiger partial charge is 0.457 e. The lowest BCUT2D eigenvalue weighted by Gasteiger charge is -2.34. The number of benzene rings is 2. The Balaban J connectivity index is 1.77. The van der Waals surface area contributed by atoms with E-state index < -0.39 is 0 Å². The molecule has 0 unspecified atom stereocenters. The Kier molecular flexibility index (Phi) is 4.39. The third-order valence-corrected chi connectivity index (χ3v) is 3.82. The van der Waals surface area contributed by atoms with E-state index in [1.165, 1.54) is 0 Å². The van der Waals surface area contributed by atoms with Gasteiger partial charge in [-0.05, 0) is 37.3 Å². The minimum atomic E-state index is 0.0625. The number of hydrogen-bond donors (Lipinski definition) is 1. The van der Waals surface area contributed by atoms with Crippen LogP contribution in [0.3, 0.4) is 0 Å². The molecule has 0 aromatic heterocycles. The van der Waals surface area contributed by atoms with Crippen molar-refractivity contribution in [2.45, 2.75) is 13.0 Å². The summed E-state index contributed by atoms with van der Waals surface area (Å²) in [4.78, 5) is 14.6. The SMILES string of the molecule is C[C@@H]1CNCCN1C(=O)c1cccc(Oc2ccccc2)c1. The molecule has 0 aliphatic carbocycles. The van der Waals surface area contributed by atoms with Crippen molar-refractivity contribution >= 4 is 5.91 Å². The average Bonchev–Trinajstić information content (AvgIpc) is 2.56. The zero-order valence-electron chi connectivity index (χ0n) is 12.7. The van der Waals surface area contributed by atoms with Crippen LogP contribution in [0, 0.1) is 0 Å². The minimum Gasteiger partial charge on any atom is -0.457 e. The highest BCUT2D eigenvalue weighted by atomic mass is 16.5. The van der Waals surface area contributed by atoms with E-state index >= 15 is 0 Å². The smallest absolute Gasteiger partial charge is 0.254 e. The Morgan fingerprint density at radius 3 is 2.68 bits per heavy atom. The Morgan fingerprint density at radius 1 is 1.14 bits per heavy atom. The molecule has 2 aromatic rings. The fourth-order valence-electron chi connectivity index (χ4n) is 2.63. The van der Waals surface area contributed by atoms with Crippen molar-refractivity contribution in [2.75, 3.05) is 19.6 Å². The maximum atomic E-state index is 12.7. The van der Waals surface area contributed by atoms with Crippen LogP contribution < -0.4 is 10.1 Å². The summed E-state index contributed by atoms with van der Waals surface area (Å²) in [7, 11) is 0. The Bertz CT molecular complexity index is 643. The predicted octanol–water partition coefficient (Wildman–Crippen LogP) is 2.91. The Hall–Kier alpha value is -2.33. The van der Waals surface area contributed by atoms with Crippen LogP contribution in [0.4, 0.5) is 0 Å². The highest BCUT2D eigenvalue weighted by Gasteiger charge is 2.24. The number of carbonyl (C=O) groups is 1. The van der Waals surface area contributed by atoms with Gasteiger partial charge in [-0.1, -0.05) is 24.3 Å². The summed E-state index contributed by atoms with van der Waals surface area (Å²) in [5, 5.41) is 3.30. The molecular formula is C18H20N2O2. The molecule has 0 bridgehead atoms. The zero-order chi connectivity index (χ0) is 15.4. The second kappa shape index (κ2) is 6.62. The normalized spacial score (nSPS) is 18.0. The van der Waals surface area contributed by atoms with Crippen molar-refractivity contribution in [3.8, 4) is 11.5 Å². The standard InChI is InChI=1S/C18H20N2O2/c1-14-13-19-10-11-20(14)18(21)15-6-5-9-17(12-15)22-16-7-3-2-4-8-16/h2-9,12,14,19H,10-11,13H2,1H3/t14-/m1/s1. The first-order valence-electron chi connectivity index (χ1n) is 7.59. The number of ether oxygens (including phenoxy) is 1. The van der Waals surface area contributed by atoms with Crippen molar-refractivity contribution in [1.29, 1.82) is 0 Å². The van der Waals surface area contributed by atoms with Gasteiger partial charge in [0, 0.05) is 31.2 Å². The molecule has 1 heterocycles. The molecule has 0 saturated carbocycles. The second-order valence-electron chi connectivity index (χ2n) is 5.49. The lowest BCUT2D eigenvalue weighted by atomic mass is 10.1. The molecule has 1 amide bonds. The molecule has 2 aromatic carbocycles. The van der Waals surface area contributed by atoms with Crippen LogP contribution in [0.2, 0.25) is 0 Å². The molecule has 1 atom stereocenters. The average molecular weight is 296 g/mol. The van der Waals surface area contributed by atoms with E-state index in [1.54, 1.807) is 0 Å². The van der Waals surface area contributed by atoms with Gasteiger partial charge < -0.3 is 15.0 Å². The van der Waals surface area contributed by atoms with Gasteiger partial charge in [0.1, 0.15) is 11.5 Å². The van der Waals surface area contributed by atoms with E-state index in [0.717, 1.165) is 25.4 Å². The Labute approximate surface area is 130 Å². The molecular weight excluding hydrogens is 276 g/mol. The summed E-state index contributed by atoms with van der Waals surface area (Å²) in [5.74, 6) is 1.51. The van der Waals surface area contributed by atoms with Crippen molar-refractivity contribution in [3.05, 3.63) is 60.2 Å². The van der Waals surface area contributed by atoms with Crippen molar-refractivity contribution in [2.24, 2.45) is 0 Å². The molecule has 22 heavy (non-hydrogen) atoms. The first kappa shape index (κ1) is 14.6. The van der Waals surface area contributed by atoms with Gasteiger partial charge in [-0.3, -0.25) is 4.79 Å². The molecule has 114 valence electrons. The first-order chi connectivity index (χ1) is 10.7. The summed E-state index contributed by atoms with van der Waals surface area (Å²) < 4.78 is 5.80. The van der Waals surface area contributed by atoms with Crippen LogP contribution in [0.5, 0.6) is 11.5 Å². The molecule has 1 aliphatic heterocycles. The fraction of sp³-hybridized carbons (Fsp3) is 0.278. The van der Waals surface area contributed by atoms with Gasteiger partial charge in [0.25, 0.3) is 5.91 Å². The van der Waals surface area contributed by atoms with Crippen LogP contribution in [-0.2, 0) is 0 Å². The number of nitrogens with one attached hydrogen (secondary N) is 1. The maximum Gasteiger partial charge on any atom is 0.254 e. The Morgan fingerprint density at radius 2 is 1.91 bits per heavy atom. The van der Waals surface area contributed by atoms with Gasteiger partial charge in [0.05, 0.1) is 0 Å². The highest BCUT2D eigenvalue weighted by Crippen LogP contribution is 2.22. The number of para-hydroxylation sites is 1. The van der Waals surface area contributed by atoms with E-state index in [1.807, 2.05) is 59.5 Å². The van der Waals surface area contributed by atoms with Crippen molar-refractivity contribution in [3.63, 3.8) is 0 Å². The van der Waals surface area contributed by atoms with Gasteiger partial charge in [0.15, 0.2) is 0 Å². The van der Waals surface area contributed by atoms with E-state index in [9.17, 15) is 4.79 Å².